The third-order valence-electron chi connectivity index (χ3n) is 4.29. The molecule has 6 nitrogen and oxygen atoms in total. The van der Waals surface area contributed by atoms with Crippen molar-refractivity contribution in [3.05, 3.63) is 12.2 Å². The molecule has 0 saturated heterocycles. The molecule has 0 radical (unpaired) electrons. The first kappa shape index (κ1) is 29.4. The lowest BCUT2D eigenvalue weighted by Gasteiger charge is -2.55. The van der Waals surface area contributed by atoms with Crippen molar-refractivity contribution in [2.75, 3.05) is 6.61 Å². The Bertz CT molecular complexity index is 522. The first-order valence-electron chi connectivity index (χ1n) is 10.4. The first-order chi connectivity index (χ1) is 12.7. The first-order valence-corrected chi connectivity index (χ1v) is 21.6. The van der Waals surface area contributed by atoms with Crippen LogP contribution >= 0.6 is 0 Å². The number of rotatable bonds is 13. The number of aliphatic hydroxyl groups excluding tert-OH is 3. The van der Waals surface area contributed by atoms with Gasteiger partial charge in [-0.25, -0.2) is 0 Å². The van der Waals surface area contributed by atoms with E-state index in [0.717, 1.165) is 0 Å². The fourth-order valence-corrected chi connectivity index (χ4v) is 10.8. The van der Waals surface area contributed by atoms with Crippen LogP contribution in [0.4, 0.5) is 0 Å². The highest BCUT2D eigenvalue weighted by molar-refractivity contribution is 6.71. The van der Waals surface area contributed by atoms with E-state index in [1.54, 1.807) is 0 Å². The van der Waals surface area contributed by atoms with Gasteiger partial charge in [0.2, 0.25) is 0 Å². The largest absolute Gasteiger partial charge is 0.408 e. The van der Waals surface area contributed by atoms with Crippen LogP contribution in [0.25, 0.3) is 0 Å². The fourth-order valence-electron chi connectivity index (χ4n) is 3.48. The van der Waals surface area contributed by atoms with Crippen molar-refractivity contribution in [1.82, 2.24) is 0 Å². The highest BCUT2D eigenvalue weighted by Crippen LogP contribution is 2.41. The summed E-state index contributed by atoms with van der Waals surface area (Å²) < 4.78 is 19.9. The van der Waals surface area contributed by atoms with Gasteiger partial charge in [-0.05, 0) is 84.3 Å². The van der Waals surface area contributed by atoms with Crippen molar-refractivity contribution in [2.24, 2.45) is 0 Å². The zero-order valence-corrected chi connectivity index (χ0v) is 25.5. The molecule has 29 heavy (non-hydrogen) atoms. The quantitative estimate of drug-likeness (QED) is 0.212. The van der Waals surface area contributed by atoms with Crippen molar-refractivity contribution in [1.29, 1.82) is 0 Å². The summed E-state index contributed by atoms with van der Waals surface area (Å²) in [5, 5.41) is 29.6. The number of aliphatic hydroxyl groups is 3. The van der Waals surface area contributed by atoms with Gasteiger partial charge in [0.1, 0.15) is 11.3 Å². The molecule has 3 unspecified atom stereocenters. The van der Waals surface area contributed by atoms with Crippen LogP contribution in [0.3, 0.4) is 0 Å². The summed E-state index contributed by atoms with van der Waals surface area (Å²) in [7, 11) is -5.81. The number of hydrogen-bond donors (Lipinski definition) is 3. The minimum Gasteiger partial charge on any atom is -0.408 e. The van der Waals surface area contributed by atoms with Crippen molar-refractivity contribution < 1.29 is 28.6 Å². The maximum Gasteiger partial charge on any atom is 0.187 e. The van der Waals surface area contributed by atoms with Crippen LogP contribution in [0, 0.1) is 0 Å². The van der Waals surface area contributed by atoms with Gasteiger partial charge < -0.3 is 28.6 Å². The van der Waals surface area contributed by atoms with Crippen LogP contribution in [0.15, 0.2) is 12.2 Å². The van der Waals surface area contributed by atoms with Gasteiger partial charge in [-0.1, -0.05) is 6.58 Å². The van der Waals surface area contributed by atoms with Crippen LogP contribution in [-0.2, 0) is 13.3 Å². The minimum absolute atomic E-state index is 0.114. The Morgan fingerprint density at radius 1 is 0.897 bits per heavy atom. The van der Waals surface area contributed by atoms with Crippen molar-refractivity contribution in [3.63, 3.8) is 0 Å². The molecule has 10 heteroatoms. The molecule has 0 fully saturated rings. The molecule has 0 spiro atoms. The summed E-state index contributed by atoms with van der Waals surface area (Å²) in [5.41, 5.74) is 0.476. The molecule has 0 heterocycles. The highest BCUT2D eigenvalue weighted by atomic mass is 28.4. The molecular formula is C19H46O6Si4. The van der Waals surface area contributed by atoms with Gasteiger partial charge in [0.25, 0.3) is 0 Å². The second-order valence-corrected chi connectivity index (χ2v) is 25.9. The predicted octanol–water partition coefficient (Wildman–Crippen LogP) is 2.37. The Hall–Kier alpha value is 0.368. The maximum atomic E-state index is 11.5. The molecule has 3 N–H and O–H groups in total. The molecular weight excluding hydrogens is 437 g/mol. The Morgan fingerprint density at radius 2 is 1.28 bits per heavy atom. The zero-order chi connectivity index (χ0) is 23.5. The molecule has 0 aliphatic carbocycles. The summed E-state index contributed by atoms with van der Waals surface area (Å²) in [6, 6.07) is 0. The molecule has 0 aromatic carbocycles. The van der Waals surface area contributed by atoms with Gasteiger partial charge >= 0.3 is 0 Å². The third-order valence-corrected chi connectivity index (χ3v) is 9.40. The van der Waals surface area contributed by atoms with Crippen molar-refractivity contribution in [2.45, 2.75) is 102 Å². The van der Waals surface area contributed by atoms with Gasteiger partial charge in [-0.2, -0.15) is 0 Å². The Kier molecular flexibility index (Phi) is 10.5. The average Bonchev–Trinajstić information content (AvgIpc) is 2.40. The van der Waals surface area contributed by atoms with Crippen LogP contribution < -0.4 is 0 Å². The molecule has 3 atom stereocenters. The van der Waals surface area contributed by atoms with Gasteiger partial charge in [0.05, 0.1) is 16.3 Å². The standard InChI is InChI=1S/C19H46O6Si4/c1-15(14-16(21)12-13-20)17(22)19(26,25-29(9,10)11)18(2,23-27(3,4)5)24-28(6,7)8/h16-17,20-22H,1,12-14H2,2-11,26H3. The van der Waals surface area contributed by atoms with Gasteiger partial charge in [0.15, 0.2) is 30.7 Å². The van der Waals surface area contributed by atoms with E-state index in [1.807, 2.05) is 6.92 Å². The smallest absolute Gasteiger partial charge is 0.187 e. The fraction of sp³-hybridized carbons (Fsp3) is 0.895. The summed E-state index contributed by atoms with van der Waals surface area (Å²) in [5.74, 6) is -1.13. The van der Waals surface area contributed by atoms with E-state index in [0.29, 0.717) is 15.8 Å². The topological polar surface area (TPSA) is 88.4 Å². The van der Waals surface area contributed by atoms with E-state index in [2.05, 4.69) is 65.5 Å². The molecule has 0 aliphatic heterocycles. The third kappa shape index (κ3) is 10.0. The molecule has 0 bridgehead atoms. The normalized spacial score (nSPS) is 18.4. The Balaban J connectivity index is 6.32. The average molecular weight is 483 g/mol. The number of hydrogen-bond acceptors (Lipinski definition) is 6. The molecule has 0 aromatic heterocycles. The summed E-state index contributed by atoms with van der Waals surface area (Å²) in [4.78, 5) is 0. The van der Waals surface area contributed by atoms with E-state index in [4.69, 9.17) is 18.4 Å². The van der Waals surface area contributed by atoms with Crippen LogP contribution in [0.1, 0.15) is 19.8 Å². The van der Waals surface area contributed by atoms with Crippen LogP contribution in [0.5, 0.6) is 0 Å². The van der Waals surface area contributed by atoms with Gasteiger partial charge in [0, 0.05) is 6.61 Å². The SMILES string of the molecule is C=C(CC(O)CCO)C(O)C([SiH3])(O[Si](C)(C)C)C(C)(O[Si](C)(C)C)O[Si](C)(C)C. The maximum absolute atomic E-state index is 11.5. The predicted molar refractivity (Wildman–Crippen MR) is 132 cm³/mol. The van der Waals surface area contributed by atoms with E-state index in [9.17, 15) is 10.2 Å². The van der Waals surface area contributed by atoms with E-state index in [1.165, 1.54) is 0 Å². The second kappa shape index (κ2) is 10.3. The molecule has 0 aromatic rings. The minimum atomic E-state index is -2.11. The van der Waals surface area contributed by atoms with Crippen molar-refractivity contribution in [3.8, 4) is 0 Å². The summed E-state index contributed by atoms with van der Waals surface area (Å²) in [6.45, 7) is 24.7. The molecule has 0 rings (SSSR count). The lowest BCUT2D eigenvalue weighted by molar-refractivity contribution is -0.221. The van der Waals surface area contributed by atoms with Gasteiger partial charge in [-0.3, -0.25) is 0 Å². The van der Waals surface area contributed by atoms with Crippen molar-refractivity contribution >= 4 is 35.2 Å². The van der Waals surface area contributed by atoms with E-state index < -0.39 is 48.2 Å². The Morgan fingerprint density at radius 3 is 1.59 bits per heavy atom. The summed E-state index contributed by atoms with van der Waals surface area (Å²) >= 11 is 0. The molecule has 0 amide bonds. The van der Waals surface area contributed by atoms with E-state index in [-0.39, 0.29) is 19.4 Å². The monoisotopic (exact) mass is 482 g/mol. The lowest BCUT2D eigenvalue weighted by atomic mass is 9.94. The van der Waals surface area contributed by atoms with Crippen LogP contribution in [0.2, 0.25) is 58.9 Å². The van der Waals surface area contributed by atoms with Gasteiger partial charge in [-0.15, -0.1) is 0 Å². The molecule has 174 valence electrons. The summed E-state index contributed by atoms with van der Waals surface area (Å²) in [6.07, 6.45) is -1.38. The molecule has 0 aliphatic rings. The second-order valence-electron chi connectivity index (χ2n) is 11.1. The molecule has 0 saturated carbocycles. The van der Waals surface area contributed by atoms with E-state index >= 15 is 0 Å². The van der Waals surface area contributed by atoms with Crippen LogP contribution in [-0.4, -0.2) is 80.3 Å². The lowest BCUT2D eigenvalue weighted by Crippen LogP contribution is -2.70. The Labute approximate surface area is 184 Å². The zero-order valence-electron chi connectivity index (χ0n) is 20.5. The highest BCUT2D eigenvalue weighted by Gasteiger charge is 2.57.